The zero-order valence-corrected chi connectivity index (χ0v) is 9.98. The lowest BCUT2D eigenvalue weighted by molar-refractivity contribution is 0.992. The fourth-order valence-corrected chi connectivity index (χ4v) is 2.05. The van der Waals surface area contributed by atoms with Crippen molar-refractivity contribution in [2.45, 2.75) is 0 Å². The predicted molar refractivity (Wildman–Crippen MR) is 70.6 cm³/mol. The first-order valence-corrected chi connectivity index (χ1v) is 5.73. The molecule has 2 aromatic heterocycles. The van der Waals surface area contributed by atoms with Gasteiger partial charge < -0.3 is 0 Å². The van der Waals surface area contributed by atoms with Crippen LogP contribution in [0.4, 0.5) is 0 Å². The van der Waals surface area contributed by atoms with Crippen LogP contribution >= 0.6 is 11.6 Å². The van der Waals surface area contributed by atoms with Crippen molar-refractivity contribution in [2.75, 3.05) is 0 Å². The topological polar surface area (TPSA) is 58.6 Å². The normalized spacial score (nSPS) is 10.7. The van der Waals surface area contributed by atoms with Gasteiger partial charge in [-0.15, -0.1) is 0 Å². The first kappa shape index (κ1) is 10.9. The zero-order valence-electron chi connectivity index (χ0n) is 9.22. The number of halogens is 1. The van der Waals surface area contributed by atoms with E-state index in [9.17, 15) is 4.79 Å². The monoisotopic (exact) mass is 257 g/mol. The number of aromatic nitrogens is 3. The number of rotatable bonds is 1. The Hall–Kier alpha value is -2.20. The molecule has 1 aromatic carbocycles. The van der Waals surface area contributed by atoms with E-state index in [1.807, 2.05) is 30.3 Å². The molecule has 88 valence electrons. The smallest absolute Gasteiger partial charge is 0.267 e. The van der Waals surface area contributed by atoms with Crippen LogP contribution in [-0.4, -0.2) is 15.2 Å². The van der Waals surface area contributed by atoms with Crippen molar-refractivity contribution in [1.29, 1.82) is 0 Å². The number of benzene rings is 1. The van der Waals surface area contributed by atoms with E-state index in [0.717, 1.165) is 16.5 Å². The molecular formula is C13H8ClN3O. The number of fused-ring (bicyclic) bond motifs is 1. The minimum Gasteiger partial charge on any atom is -0.267 e. The van der Waals surface area contributed by atoms with E-state index in [4.69, 9.17) is 11.6 Å². The molecular weight excluding hydrogens is 250 g/mol. The molecule has 0 fully saturated rings. The largest absolute Gasteiger partial charge is 0.272 e. The van der Waals surface area contributed by atoms with Gasteiger partial charge in [-0.3, -0.25) is 9.78 Å². The maximum Gasteiger partial charge on any atom is 0.272 e. The number of H-pyrrole nitrogens is 1. The standard InChI is InChI=1S/C13H8ClN3O/c14-11-7-10(13(18)17-16-11)9-5-1-3-8-4-2-6-15-12(8)9/h1-7H,(H,17,18). The van der Waals surface area contributed by atoms with Crippen LogP contribution in [0, 0.1) is 0 Å². The summed E-state index contributed by atoms with van der Waals surface area (Å²) in [4.78, 5) is 16.1. The van der Waals surface area contributed by atoms with Crippen molar-refractivity contribution in [2.24, 2.45) is 0 Å². The van der Waals surface area contributed by atoms with Crippen LogP contribution < -0.4 is 5.56 Å². The van der Waals surface area contributed by atoms with E-state index in [0.29, 0.717) is 5.56 Å². The highest BCUT2D eigenvalue weighted by atomic mass is 35.5. The van der Waals surface area contributed by atoms with Crippen molar-refractivity contribution in [1.82, 2.24) is 15.2 Å². The lowest BCUT2D eigenvalue weighted by Gasteiger charge is -2.04. The molecule has 0 aliphatic carbocycles. The molecule has 2 heterocycles. The van der Waals surface area contributed by atoms with E-state index in [1.165, 1.54) is 0 Å². The highest BCUT2D eigenvalue weighted by Gasteiger charge is 2.09. The summed E-state index contributed by atoms with van der Waals surface area (Å²) in [6.45, 7) is 0. The van der Waals surface area contributed by atoms with Crippen LogP contribution in [0.2, 0.25) is 5.15 Å². The van der Waals surface area contributed by atoms with Crippen molar-refractivity contribution in [3.05, 3.63) is 58.1 Å². The predicted octanol–water partition coefficient (Wildman–Crippen LogP) is 2.64. The lowest BCUT2D eigenvalue weighted by atomic mass is 10.0. The number of aromatic amines is 1. The van der Waals surface area contributed by atoms with Gasteiger partial charge in [-0.1, -0.05) is 35.9 Å². The molecule has 4 nitrogen and oxygen atoms in total. The lowest BCUT2D eigenvalue weighted by Crippen LogP contribution is -2.10. The average molecular weight is 258 g/mol. The highest BCUT2D eigenvalue weighted by molar-refractivity contribution is 6.29. The van der Waals surface area contributed by atoms with Crippen LogP contribution in [0.1, 0.15) is 0 Å². The number of hydrogen-bond donors (Lipinski definition) is 1. The van der Waals surface area contributed by atoms with Crippen LogP contribution in [0.5, 0.6) is 0 Å². The Balaban J connectivity index is 2.38. The Morgan fingerprint density at radius 2 is 1.94 bits per heavy atom. The Morgan fingerprint density at radius 1 is 1.11 bits per heavy atom. The van der Waals surface area contributed by atoms with Crippen molar-refractivity contribution >= 4 is 22.5 Å². The van der Waals surface area contributed by atoms with Gasteiger partial charge in [0, 0.05) is 17.1 Å². The molecule has 3 aromatic rings. The van der Waals surface area contributed by atoms with E-state index < -0.39 is 0 Å². The van der Waals surface area contributed by atoms with E-state index in [2.05, 4.69) is 15.2 Å². The zero-order chi connectivity index (χ0) is 12.5. The SMILES string of the molecule is O=c1[nH]nc(Cl)cc1-c1cccc2cccnc12. The van der Waals surface area contributed by atoms with Crippen LogP contribution in [0.3, 0.4) is 0 Å². The second kappa shape index (κ2) is 4.23. The molecule has 0 radical (unpaired) electrons. The first-order valence-electron chi connectivity index (χ1n) is 5.35. The van der Waals surface area contributed by atoms with Gasteiger partial charge in [-0.2, -0.15) is 5.10 Å². The summed E-state index contributed by atoms with van der Waals surface area (Å²) < 4.78 is 0. The van der Waals surface area contributed by atoms with Gasteiger partial charge in [0.15, 0.2) is 0 Å². The number of hydrogen-bond acceptors (Lipinski definition) is 3. The van der Waals surface area contributed by atoms with Crippen molar-refractivity contribution in [3.63, 3.8) is 0 Å². The minimum atomic E-state index is -0.280. The summed E-state index contributed by atoms with van der Waals surface area (Å²) in [6.07, 6.45) is 1.70. The second-order valence-electron chi connectivity index (χ2n) is 3.81. The molecule has 5 heteroatoms. The summed E-state index contributed by atoms with van der Waals surface area (Å²) in [5.41, 5.74) is 1.71. The van der Waals surface area contributed by atoms with Gasteiger partial charge in [0.1, 0.15) is 5.15 Å². The van der Waals surface area contributed by atoms with Gasteiger partial charge in [-0.05, 0) is 12.1 Å². The van der Waals surface area contributed by atoms with Gasteiger partial charge in [-0.25, -0.2) is 5.10 Å². The Morgan fingerprint density at radius 3 is 2.83 bits per heavy atom. The van der Waals surface area contributed by atoms with Crippen LogP contribution in [0.15, 0.2) is 47.4 Å². The van der Waals surface area contributed by atoms with E-state index in [-0.39, 0.29) is 10.7 Å². The molecule has 0 bridgehead atoms. The fraction of sp³-hybridized carbons (Fsp3) is 0. The van der Waals surface area contributed by atoms with Crippen LogP contribution in [0.25, 0.3) is 22.0 Å². The molecule has 0 aliphatic rings. The second-order valence-corrected chi connectivity index (χ2v) is 4.20. The third kappa shape index (κ3) is 1.76. The molecule has 0 spiro atoms. The van der Waals surface area contributed by atoms with Gasteiger partial charge in [0.2, 0.25) is 0 Å². The van der Waals surface area contributed by atoms with Crippen LogP contribution in [-0.2, 0) is 0 Å². The van der Waals surface area contributed by atoms with Gasteiger partial charge in [0.05, 0.1) is 11.1 Å². The summed E-state index contributed by atoms with van der Waals surface area (Å²) in [7, 11) is 0. The first-order chi connectivity index (χ1) is 8.75. The summed E-state index contributed by atoms with van der Waals surface area (Å²) >= 11 is 5.82. The Bertz CT molecular complexity index is 777. The maximum atomic E-state index is 11.8. The molecule has 0 aliphatic heterocycles. The molecule has 0 amide bonds. The molecule has 18 heavy (non-hydrogen) atoms. The number of para-hydroxylation sites is 1. The molecule has 0 saturated heterocycles. The molecule has 0 atom stereocenters. The number of nitrogens with zero attached hydrogens (tertiary/aromatic N) is 2. The summed E-state index contributed by atoms with van der Waals surface area (Å²) in [5.74, 6) is 0. The third-order valence-corrected chi connectivity index (χ3v) is 2.89. The quantitative estimate of drug-likeness (QED) is 0.729. The molecule has 0 unspecified atom stereocenters. The van der Waals surface area contributed by atoms with E-state index >= 15 is 0 Å². The Labute approximate surface area is 107 Å². The van der Waals surface area contributed by atoms with Gasteiger partial charge in [0.25, 0.3) is 5.56 Å². The molecule has 1 N–H and O–H groups in total. The van der Waals surface area contributed by atoms with E-state index in [1.54, 1.807) is 12.3 Å². The number of pyridine rings is 1. The third-order valence-electron chi connectivity index (χ3n) is 2.70. The minimum absolute atomic E-state index is 0.248. The van der Waals surface area contributed by atoms with Crippen molar-refractivity contribution in [3.8, 4) is 11.1 Å². The highest BCUT2D eigenvalue weighted by Crippen LogP contribution is 2.25. The average Bonchev–Trinajstić information content (AvgIpc) is 2.41. The fourth-order valence-electron chi connectivity index (χ4n) is 1.90. The summed E-state index contributed by atoms with van der Waals surface area (Å²) in [6, 6.07) is 11.0. The number of nitrogens with one attached hydrogen (secondary N) is 1. The van der Waals surface area contributed by atoms with Gasteiger partial charge >= 0.3 is 0 Å². The maximum absolute atomic E-state index is 11.8. The van der Waals surface area contributed by atoms with Crippen molar-refractivity contribution < 1.29 is 0 Å². The summed E-state index contributed by atoms with van der Waals surface area (Å²) in [5, 5.41) is 7.24. The molecule has 0 saturated carbocycles. The Kier molecular flexibility index (Phi) is 2.57. The molecule has 3 rings (SSSR count).